The third kappa shape index (κ3) is 4.82. The Kier molecular flexibility index (Phi) is 6.00. The third-order valence-corrected chi connectivity index (χ3v) is 6.86. The van der Waals surface area contributed by atoms with Gasteiger partial charge in [-0.2, -0.15) is 0 Å². The molecular formula is C20H19N3O4S2. The van der Waals surface area contributed by atoms with Crippen LogP contribution in [0.3, 0.4) is 0 Å². The number of carbonyl (C=O) groups is 2. The molecule has 7 nitrogen and oxygen atoms in total. The highest BCUT2D eigenvalue weighted by Gasteiger charge is 2.20. The molecule has 150 valence electrons. The molecule has 3 rings (SSSR count). The van der Waals surface area contributed by atoms with Crippen molar-refractivity contribution >= 4 is 38.9 Å². The van der Waals surface area contributed by atoms with Crippen LogP contribution in [-0.4, -0.2) is 20.2 Å². The Morgan fingerprint density at radius 3 is 2.21 bits per heavy atom. The van der Waals surface area contributed by atoms with Crippen molar-refractivity contribution in [3.63, 3.8) is 0 Å². The third-order valence-electron chi connectivity index (χ3n) is 4.09. The van der Waals surface area contributed by atoms with E-state index in [4.69, 9.17) is 0 Å². The normalized spacial score (nSPS) is 11.0. The lowest BCUT2D eigenvalue weighted by Gasteiger charge is -2.13. The minimum Gasteiger partial charge on any atom is -0.278 e. The van der Waals surface area contributed by atoms with Crippen molar-refractivity contribution in [3.05, 3.63) is 82.2 Å². The minimum absolute atomic E-state index is 0.0774. The van der Waals surface area contributed by atoms with Crippen LogP contribution in [0.4, 0.5) is 5.69 Å². The van der Waals surface area contributed by atoms with Gasteiger partial charge in [0.15, 0.2) is 0 Å². The average molecular weight is 430 g/mol. The molecule has 2 amide bonds. The van der Waals surface area contributed by atoms with Gasteiger partial charge in [-0.25, -0.2) is 8.42 Å². The SMILES string of the molecule is Cc1ccc(C(=O)NNC(=O)c2ccccc2NS(=O)(=O)c2cccs2)c(C)c1. The summed E-state index contributed by atoms with van der Waals surface area (Å²) in [6, 6.07) is 14.6. The number of anilines is 1. The molecule has 9 heteroatoms. The summed E-state index contributed by atoms with van der Waals surface area (Å²) in [6.07, 6.45) is 0. The van der Waals surface area contributed by atoms with E-state index in [0.29, 0.717) is 5.56 Å². The van der Waals surface area contributed by atoms with Gasteiger partial charge in [0.1, 0.15) is 4.21 Å². The van der Waals surface area contributed by atoms with Crippen LogP contribution in [0, 0.1) is 13.8 Å². The van der Waals surface area contributed by atoms with Crippen LogP contribution in [0.5, 0.6) is 0 Å². The first-order valence-corrected chi connectivity index (χ1v) is 11.0. The zero-order valence-electron chi connectivity index (χ0n) is 15.7. The largest absolute Gasteiger partial charge is 0.278 e. The Labute approximate surface area is 172 Å². The number of hydrazine groups is 1. The van der Waals surface area contributed by atoms with Gasteiger partial charge in [-0.15, -0.1) is 11.3 Å². The van der Waals surface area contributed by atoms with Gasteiger partial charge in [-0.05, 0) is 49.1 Å². The van der Waals surface area contributed by atoms with Gasteiger partial charge in [-0.3, -0.25) is 25.2 Å². The van der Waals surface area contributed by atoms with Crippen LogP contribution in [0.1, 0.15) is 31.8 Å². The van der Waals surface area contributed by atoms with Gasteiger partial charge < -0.3 is 0 Å². The van der Waals surface area contributed by atoms with Gasteiger partial charge in [-0.1, -0.05) is 35.9 Å². The number of hydrogen-bond acceptors (Lipinski definition) is 5. The molecule has 0 spiro atoms. The molecule has 2 aromatic carbocycles. The molecule has 0 saturated carbocycles. The molecule has 0 radical (unpaired) electrons. The van der Waals surface area contributed by atoms with Crippen LogP contribution >= 0.6 is 11.3 Å². The first-order chi connectivity index (χ1) is 13.8. The Morgan fingerprint density at radius 2 is 1.55 bits per heavy atom. The highest BCUT2D eigenvalue weighted by Crippen LogP contribution is 2.22. The summed E-state index contributed by atoms with van der Waals surface area (Å²) < 4.78 is 27.5. The van der Waals surface area contributed by atoms with E-state index < -0.39 is 21.8 Å². The van der Waals surface area contributed by atoms with Gasteiger partial charge in [0, 0.05) is 5.56 Å². The molecule has 0 fully saturated rings. The van der Waals surface area contributed by atoms with Crippen molar-refractivity contribution in [2.24, 2.45) is 0 Å². The van der Waals surface area contributed by atoms with Crippen molar-refractivity contribution < 1.29 is 18.0 Å². The van der Waals surface area contributed by atoms with Gasteiger partial charge >= 0.3 is 0 Å². The maximum Gasteiger partial charge on any atom is 0.271 e. The summed E-state index contributed by atoms with van der Waals surface area (Å²) in [4.78, 5) is 24.9. The predicted molar refractivity (Wildman–Crippen MR) is 112 cm³/mol. The summed E-state index contributed by atoms with van der Waals surface area (Å²) in [6.45, 7) is 3.73. The van der Waals surface area contributed by atoms with Crippen molar-refractivity contribution in [2.75, 3.05) is 4.72 Å². The van der Waals surface area contributed by atoms with E-state index in [1.54, 1.807) is 42.6 Å². The van der Waals surface area contributed by atoms with Crippen LogP contribution in [0.2, 0.25) is 0 Å². The zero-order valence-corrected chi connectivity index (χ0v) is 17.4. The van der Waals surface area contributed by atoms with Gasteiger partial charge in [0.05, 0.1) is 11.3 Å². The molecule has 0 aliphatic heterocycles. The molecule has 0 unspecified atom stereocenters. The number of amides is 2. The molecule has 0 saturated heterocycles. The Morgan fingerprint density at radius 1 is 0.862 bits per heavy atom. The predicted octanol–water partition coefficient (Wildman–Crippen LogP) is 3.24. The topological polar surface area (TPSA) is 104 Å². The lowest BCUT2D eigenvalue weighted by Crippen LogP contribution is -2.42. The lowest BCUT2D eigenvalue weighted by atomic mass is 10.1. The van der Waals surface area contributed by atoms with E-state index in [0.717, 1.165) is 22.5 Å². The molecule has 29 heavy (non-hydrogen) atoms. The summed E-state index contributed by atoms with van der Waals surface area (Å²) in [5.41, 5.74) is 7.11. The lowest BCUT2D eigenvalue weighted by molar-refractivity contribution is 0.0846. The molecule has 3 aromatic rings. The quantitative estimate of drug-likeness (QED) is 0.542. The number of hydrogen-bond donors (Lipinski definition) is 3. The summed E-state index contributed by atoms with van der Waals surface area (Å²) in [5, 5.41) is 1.65. The number of sulfonamides is 1. The second-order valence-electron chi connectivity index (χ2n) is 6.31. The number of benzene rings is 2. The Balaban J connectivity index is 1.74. The molecule has 1 aromatic heterocycles. The van der Waals surface area contributed by atoms with Crippen molar-refractivity contribution in [3.8, 4) is 0 Å². The molecule has 0 aliphatic carbocycles. The molecule has 0 aliphatic rings. The highest BCUT2D eigenvalue weighted by molar-refractivity contribution is 7.94. The molecule has 3 N–H and O–H groups in total. The van der Waals surface area contributed by atoms with Crippen LogP contribution in [-0.2, 0) is 10.0 Å². The van der Waals surface area contributed by atoms with E-state index >= 15 is 0 Å². The Hall–Kier alpha value is -3.17. The summed E-state index contributed by atoms with van der Waals surface area (Å²) in [7, 11) is -3.81. The van der Waals surface area contributed by atoms with E-state index in [9.17, 15) is 18.0 Å². The number of rotatable bonds is 5. The number of nitrogens with one attached hydrogen (secondary N) is 3. The molecular weight excluding hydrogens is 410 g/mol. The fourth-order valence-corrected chi connectivity index (χ4v) is 4.77. The minimum atomic E-state index is -3.81. The molecule has 1 heterocycles. The fourth-order valence-electron chi connectivity index (χ4n) is 2.70. The second kappa shape index (κ2) is 8.46. The van der Waals surface area contributed by atoms with E-state index in [-0.39, 0.29) is 15.5 Å². The first kappa shape index (κ1) is 20.6. The monoisotopic (exact) mass is 429 g/mol. The average Bonchev–Trinajstić information content (AvgIpc) is 3.22. The number of carbonyl (C=O) groups excluding carboxylic acids is 2. The highest BCUT2D eigenvalue weighted by atomic mass is 32.2. The maximum absolute atomic E-state index is 12.6. The van der Waals surface area contributed by atoms with Crippen molar-refractivity contribution in [2.45, 2.75) is 18.1 Å². The number of aryl methyl sites for hydroxylation is 2. The van der Waals surface area contributed by atoms with E-state index in [1.807, 2.05) is 13.0 Å². The zero-order chi connectivity index (χ0) is 21.0. The summed E-state index contributed by atoms with van der Waals surface area (Å²) >= 11 is 1.07. The molecule has 0 bridgehead atoms. The molecule has 0 atom stereocenters. The first-order valence-electron chi connectivity index (χ1n) is 8.61. The second-order valence-corrected chi connectivity index (χ2v) is 9.17. The Bertz CT molecular complexity index is 1160. The van der Waals surface area contributed by atoms with Gasteiger partial charge in [0.25, 0.3) is 21.8 Å². The van der Waals surface area contributed by atoms with Crippen molar-refractivity contribution in [1.29, 1.82) is 0 Å². The van der Waals surface area contributed by atoms with Crippen LogP contribution < -0.4 is 15.6 Å². The summed E-state index contributed by atoms with van der Waals surface area (Å²) in [5.74, 6) is -1.11. The van der Waals surface area contributed by atoms with Gasteiger partial charge in [0.2, 0.25) is 0 Å². The number of para-hydroxylation sites is 1. The van der Waals surface area contributed by atoms with E-state index in [2.05, 4.69) is 15.6 Å². The smallest absolute Gasteiger partial charge is 0.271 e. The van der Waals surface area contributed by atoms with E-state index in [1.165, 1.54) is 18.2 Å². The fraction of sp³-hybridized carbons (Fsp3) is 0.100. The van der Waals surface area contributed by atoms with Crippen molar-refractivity contribution in [1.82, 2.24) is 10.9 Å². The van der Waals surface area contributed by atoms with Crippen LogP contribution in [0.25, 0.3) is 0 Å². The maximum atomic E-state index is 12.6. The van der Waals surface area contributed by atoms with Crippen LogP contribution in [0.15, 0.2) is 64.2 Å². The standard InChI is InChI=1S/C20H19N3O4S2/c1-13-9-10-15(14(2)12-13)19(24)21-22-20(25)16-6-3-4-7-17(16)23-29(26,27)18-8-5-11-28-18/h3-12,23H,1-2H3,(H,21,24)(H,22,25). The number of thiophene rings is 1.